The molecule has 0 bridgehead atoms. The highest BCUT2D eigenvalue weighted by atomic mass is 16.5. The van der Waals surface area contributed by atoms with Crippen LogP contribution in [0.3, 0.4) is 0 Å². The first-order chi connectivity index (χ1) is 9.96. The van der Waals surface area contributed by atoms with E-state index >= 15 is 0 Å². The standard InChI is InChI=1S/C13H17N3O5/c1-20-11(17)7-16(8-12(18)21-2)13(19)15-10-5-3-4-9(14)6-10/h3-6H,7-8,14H2,1-2H3,(H,15,19). The van der Waals surface area contributed by atoms with Gasteiger partial charge in [0.15, 0.2) is 0 Å². The first-order valence-corrected chi connectivity index (χ1v) is 6.01. The molecule has 0 aliphatic rings. The number of anilines is 2. The Labute approximate surface area is 121 Å². The van der Waals surface area contributed by atoms with Gasteiger partial charge in [0.25, 0.3) is 0 Å². The molecule has 21 heavy (non-hydrogen) atoms. The number of urea groups is 1. The highest BCUT2D eigenvalue weighted by molar-refractivity contribution is 5.94. The maximum absolute atomic E-state index is 12.1. The Morgan fingerprint density at radius 1 is 1.14 bits per heavy atom. The van der Waals surface area contributed by atoms with Gasteiger partial charge in [-0.25, -0.2) is 4.79 Å². The fourth-order valence-electron chi connectivity index (χ4n) is 1.46. The van der Waals surface area contributed by atoms with Crippen LogP contribution in [-0.4, -0.2) is 50.2 Å². The van der Waals surface area contributed by atoms with Crippen molar-refractivity contribution in [3.8, 4) is 0 Å². The molecule has 0 atom stereocenters. The molecule has 0 aromatic heterocycles. The Kier molecular flexibility index (Phi) is 5.99. The van der Waals surface area contributed by atoms with Crippen LogP contribution in [0.4, 0.5) is 16.2 Å². The van der Waals surface area contributed by atoms with Gasteiger partial charge in [-0.2, -0.15) is 0 Å². The molecule has 0 spiro atoms. The number of nitrogens with zero attached hydrogens (tertiary/aromatic N) is 1. The number of benzene rings is 1. The molecule has 0 aliphatic heterocycles. The summed E-state index contributed by atoms with van der Waals surface area (Å²) in [5.74, 6) is -1.30. The molecule has 0 fully saturated rings. The maximum Gasteiger partial charge on any atom is 0.325 e. The monoisotopic (exact) mass is 295 g/mol. The molecule has 0 heterocycles. The molecule has 114 valence electrons. The van der Waals surface area contributed by atoms with E-state index in [1.807, 2.05) is 0 Å². The average molecular weight is 295 g/mol. The summed E-state index contributed by atoms with van der Waals surface area (Å²) in [6.07, 6.45) is 0. The van der Waals surface area contributed by atoms with Crippen LogP contribution in [-0.2, 0) is 19.1 Å². The predicted molar refractivity (Wildman–Crippen MR) is 75.5 cm³/mol. The van der Waals surface area contributed by atoms with Crippen LogP contribution < -0.4 is 11.1 Å². The number of methoxy groups -OCH3 is 2. The summed E-state index contributed by atoms with van der Waals surface area (Å²) in [5, 5.41) is 2.53. The summed E-state index contributed by atoms with van der Waals surface area (Å²) in [6, 6.07) is 5.86. The zero-order chi connectivity index (χ0) is 15.8. The molecule has 8 nitrogen and oxygen atoms in total. The van der Waals surface area contributed by atoms with Crippen LogP contribution in [0.25, 0.3) is 0 Å². The van der Waals surface area contributed by atoms with Crippen LogP contribution in [0.1, 0.15) is 0 Å². The fourth-order valence-corrected chi connectivity index (χ4v) is 1.46. The number of esters is 2. The molecule has 0 saturated heterocycles. The molecule has 1 rings (SSSR count). The fraction of sp³-hybridized carbons (Fsp3) is 0.308. The van der Waals surface area contributed by atoms with Gasteiger partial charge in [0, 0.05) is 11.4 Å². The number of nitrogen functional groups attached to an aromatic ring is 1. The van der Waals surface area contributed by atoms with Crippen LogP contribution in [0.2, 0.25) is 0 Å². The number of ether oxygens (including phenoxy) is 2. The van der Waals surface area contributed by atoms with Gasteiger partial charge < -0.3 is 25.4 Å². The number of amides is 2. The molecule has 1 aromatic carbocycles. The quantitative estimate of drug-likeness (QED) is 0.602. The van der Waals surface area contributed by atoms with E-state index in [2.05, 4.69) is 14.8 Å². The van der Waals surface area contributed by atoms with Gasteiger partial charge in [0.05, 0.1) is 14.2 Å². The van der Waals surface area contributed by atoms with Gasteiger partial charge in [-0.15, -0.1) is 0 Å². The highest BCUT2D eigenvalue weighted by Crippen LogP contribution is 2.12. The SMILES string of the molecule is COC(=O)CN(CC(=O)OC)C(=O)Nc1cccc(N)c1. The van der Waals surface area contributed by atoms with Gasteiger partial charge in [-0.1, -0.05) is 6.07 Å². The Balaban J connectivity index is 2.78. The maximum atomic E-state index is 12.1. The molecule has 0 saturated carbocycles. The molecule has 8 heteroatoms. The Hall–Kier alpha value is -2.77. The number of hydrogen-bond acceptors (Lipinski definition) is 6. The van der Waals surface area contributed by atoms with Crippen LogP contribution in [0.15, 0.2) is 24.3 Å². The number of nitrogens with one attached hydrogen (secondary N) is 1. The van der Waals surface area contributed by atoms with Gasteiger partial charge in [0.1, 0.15) is 13.1 Å². The van der Waals surface area contributed by atoms with E-state index in [1.54, 1.807) is 24.3 Å². The summed E-state index contributed by atoms with van der Waals surface area (Å²) in [7, 11) is 2.38. The van der Waals surface area contributed by atoms with E-state index in [4.69, 9.17) is 5.73 Å². The van der Waals surface area contributed by atoms with E-state index in [0.717, 1.165) is 4.90 Å². The molecule has 1 aromatic rings. The molecule has 0 unspecified atom stereocenters. The van der Waals surface area contributed by atoms with E-state index in [1.165, 1.54) is 14.2 Å². The third-order valence-corrected chi connectivity index (χ3v) is 2.52. The van der Waals surface area contributed by atoms with Gasteiger partial charge in [-0.3, -0.25) is 9.59 Å². The molecular formula is C13H17N3O5. The Bertz CT molecular complexity index is 514. The van der Waals surface area contributed by atoms with Crippen LogP contribution in [0, 0.1) is 0 Å². The second kappa shape index (κ2) is 7.73. The van der Waals surface area contributed by atoms with Crippen molar-refractivity contribution in [2.24, 2.45) is 0 Å². The number of carbonyl (C=O) groups excluding carboxylic acids is 3. The van der Waals surface area contributed by atoms with Crippen LogP contribution in [0.5, 0.6) is 0 Å². The lowest BCUT2D eigenvalue weighted by Crippen LogP contribution is -2.42. The topological polar surface area (TPSA) is 111 Å². The van der Waals surface area contributed by atoms with E-state index in [9.17, 15) is 14.4 Å². The van der Waals surface area contributed by atoms with Crippen molar-refractivity contribution in [3.63, 3.8) is 0 Å². The normalized spacial score (nSPS) is 9.62. The van der Waals surface area contributed by atoms with Crippen molar-refractivity contribution in [2.75, 3.05) is 38.4 Å². The van der Waals surface area contributed by atoms with Gasteiger partial charge in [-0.05, 0) is 18.2 Å². The average Bonchev–Trinajstić information content (AvgIpc) is 2.46. The van der Waals surface area contributed by atoms with Crippen molar-refractivity contribution in [1.29, 1.82) is 0 Å². The summed E-state index contributed by atoms with van der Waals surface area (Å²) in [5.41, 5.74) is 6.52. The first-order valence-electron chi connectivity index (χ1n) is 6.01. The number of rotatable bonds is 5. The molecular weight excluding hydrogens is 278 g/mol. The Morgan fingerprint density at radius 2 is 1.71 bits per heavy atom. The molecule has 0 aliphatic carbocycles. The van der Waals surface area contributed by atoms with Crippen LogP contribution >= 0.6 is 0 Å². The van der Waals surface area contributed by atoms with Gasteiger partial charge in [0.2, 0.25) is 0 Å². The van der Waals surface area contributed by atoms with Crippen molar-refractivity contribution in [2.45, 2.75) is 0 Å². The second-order valence-corrected chi connectivity index (χ2v) is 4.06. The molecule has 3 N–H and O–H groups in total. The summed E-state index contributed by atoms with van der Waals surface area (Å²) in [4.78, 5) is 35.6. The number of nitrogens with two attached hydrogens (primary N) is 1. The van der Waals surface area contributed by atoms with Crippen molar-refractivity contribution < 1.29 is 23.9 Å². The highest BCUT2D eigenvalue weighted by Gasteiger charge is 2.21. The molecule has 0 radical (unpaired) electrons. The molecule has 2 amide bonds. The largest absolute Gasteiger partial charge is 0.468 e. The lowest BCUT2D eigenvalue weighted by atomic mass is 10.3. The first kappa shape index (κ1) is 16.3. The summed E-state index contributed by atoms with van der Waals surface area (Å²) in [6.45, 7) is -0.750. The van der Waals surface area contributed by atoms with E-state index in [0.29, 0.717) is 11.4 Å². The minimum atomic E-state index is -0.651. The smallest absolute Gasteiger partial charge is 0.325 e. The minimum absolute atomic E-state index is 0.375. The number of hydrogen-bond donors (Lipinski definition) is 2. The lowest BCUT2D eigenvalue weighted by Gasteiger charge is -2.20. The summed E-state index contributed by atoms with van der Waals surface area (Å²) < 4.78 is 8.97. The van der Waals surface area contributed by atoms with Gasteiger partial charge >= 0.3 is 18.0 Å². The number of carbonyl (C=O) groups is 3. The van der Waals surface area contributed by atoms with Crippen molar-refractivity contribution in [1.82, 2.24) is 4.90 Å². The predicted octanol–water partition coefficient (Wildman–Crippen LogP) is 0.449. The van der Waals surface area contributed by atoms with E-state index < -0.39 is 18.0 Å². The Morgan fingerprint density at radius 3 is 2.19 bits per heavy atom. The minimum Gasteiger partial charge on any atom is -0.468 e. The second-order valence-electron chi connectivity index (χ2n) is 4.06. The lowest BCUT2D eigenvalue weighted by molar-refractivity contribution is -0.144. The van der Waals surface area contributed by atoms with Crippen molar-refractivity contribution in [3.05, 3.63) is 24.3 Å². The third kappa shape index (κ3) is 5.39. The summed E-state index contributed by atoms with van der Waals surface area (Å²) >= 11 is 0. The van der Waals surface area contributed by atoms with E-state index in [-0.39, 0.29) is 13.1 Å². The zero-order valence-electron chi connectivity index (χ0n) is 11.8. The third-order valence-electron chi connectivity index (χ3n) is 2.52. The van der Waals surface area contributed by atoms with Crippen molar-refractivity contribution >= 4 is 29.3 Å². The zero-order valence-corrected chi connectivity index (χ0v) is 11.8.